The van der Waals surface area contributed by atoms with Crippen molar-refractivity contribution < 1.29 is 4.42 Å². The van der Waals surface area contributed by atoms with Gasteiger partial charge in [-0.25, -0.2) is 0 Å². The Kier molecular flexibility index (Phi) is 10.0. The Balaban J connectivity index is 1.30. The number of furan rings is 1. The third-order valence-electron chi connectivity index (χ3n) is 18.7. The molecule has 0 amide bonds. The highest BCUT2D eigenvalue weighted by atomic mass is 16.3. The van der Waals surface area contributed by atoms with E-state index in [2.05, 4.69) is 225 Å². The fourth-order valence-corrected chi connectivity index (χ4v) is 13.5. The molecule has 5 aromatic carbocycles. The van der Waals surface area contributed by atoms with Crippen LogP contribution < -0.4 is 26.4 Å². The van der Waals surface area contributed by atoms with Gasteiger partial charge in [-0.15, -0.1) is 0 Å². The van der Waals surface area contributed by atoms with Gasteiger partial charge in [-0.05, 0) is 174 Å². The number of benzene rings is 5. The number of fused-ring (bicyclic) bond motifs is 8. The maximum absolute atomic E-state index is 7.81. The first-order valence-electron chi connectivity index (χ1n) is 26.9. The summed E-state index contributed by atoms with van der Waals surface area (Å²) in [5.41, 5.74) is 23.9. The van der Waals surface area contributed by atoms with Crippen LogP contribution in [0.5, 0.6) is 0 Å². The molecule has 364 valence electrons. The largest absolute Gasteiger partial charge is 0.472 e. The Labute approximate surface area is 423 Å². The smallest absolute Gasteiger partial charge is 0.297 e. The van der Waals surface area contributed by atoms with Crippen molar-refractivity contribution in [2.45, 2.75) is 206 Å². The lowest BCUT2D eigenvalue weighted by molar-refractivity contribution is 0.282. The Morgan fingerprint density at radius 1 is 0.429 bits per heavy atom. The van der Waals surface area contributed by atoms with Gasteiger partial charge in [0.25, 0.3) is 6.71 Å². The summed E-state index contributed by atoms with van der Waals surface area (Å²) < 4.78 is 7.81. The van der Waals surface area contributed by atoms with Gasteiger partial charge >= 0.3 is 0 Å². The molecule has 0 radical (unpaired) electrons. The minimum absolute atomic E-state index is 0.0274. The van der Waals surface area contributed by atoms with Crippen LogP contribution in [-0.2, 0) is 43.3 Å². The van der Waals surface area contributed by atoms with Gasteiger partial charge in [0.2, 0.25) is 0 Å². The molecule has 0 spiro atoms. The molecule has 3 nitrogen and oxygen atoms in total. The maximum atomic E-state index is 7.81. The van der Waals surface area contributed by atoms with Crippen molar-refractivity contribution in [2.24, 2.45) is 0 Å². The van der Waals surface area contributed by atoms with E-state index in [1.54, 1.807) is 0 Å². The third kappa shape index (κ3) is 7.09. The standard InChI is InChI=1S/C66H81BN2O/c1-59(2,3)42-20-24-44(25-21-42)68-51-39-49-48(63(11,12)31-32-64(49,13)14)38-50(51)67-55-52(68)36-41(40-19-28-46-47(35-40)62(9,10)30-29-61(46,7)8)37-53(55)69(45-26-22-43(23-27-45)60(4,5)6)56-54-57(70-58(56)67)66(17,18)34-33-65(54,15)16/h19-28,35-39H,29-34H2,1-18H3. The second-order valence-corrected chi connectivity index (χ2v) is 28.7. The van der Waals surface area contributed by atoms with Crippen LogP contribution in [-0.4, -0.2) is 6.71 Å². The summed E-state index contributed by atoms with van der Waals surface area (Å²) in [6, 6.07) is 37.0. The minimum atomic E-state index is -0.117. The quantitative estimate of drug-likeness (QED) is 0.165. The number of anilines is 6. The molecule has 0 saturated heterocycles. The molecule has 1 aromatic heterocycles. The predicted molar refractivity (Wildman–Crippen MR) is 301 cm³/mol. The Morgan fingerprint density at radius 2 is 0.871 bits per heavy atom. The van der Waals surface area contributed by atoms with Crippen molar-refractivity contribution in [3.63, 3.8) is 0 Å². The van der Waals surface area contributed by atoms with Crippen molar-refractivity contribution >= 4 is 57.4 Å². The molecule has 0 unspecified atom stereocenters. The van der Waals surface area contributed by atoms with Gasteiger partial charge in [0.05, 0.1) is 11.3 Å². The molecule has 11 rings (SSSR count). The molecule has 0 saturated carbocycles. The van der Waals surface area contributed by atoms with Crippen molar-refractivity contribution in [3.05, 3.63) is 136 Å². The molecule has 0 N–H and O–H groups in total. The van der Waals surface area contributed by atoms with Crippen LogP contribution in [0.25, 0.3) is 11.1 Å². The Morgan fingerprint density at radius 3 is 1.40 bits per heavy atom. The fourth-order valence-electron chi connectivity index (χ4n) is 13.5. The zero-order valence-corrected chi connectivity index (χ0v) is 46.3. The highest BCUT2D eigenvalue weighted by molar-refractivity contribution is 6.99. The maximum Gasteiger partial charge on any atom is 0.297 e. The highest BCUT2D eigenvalue weighted by Crippen LogP contribution is 2.57. The Hall–Kier alpha value is -4.96. The molecule has 6 aromatic rings. The predicted octanol–water partition coefficient (Wildman–Crippen LogP) is 16.7. The molecule has 4 heteroatoms. The number of hydrogen-bond acceptors (Lipinski definition) is 3. The van der Waals surface area contributed by atoms with Crippen LogP contribution in [0.4, 0.5) is 34.1 Å². The second kappa shape index (κ2) is 14.8. The Bertz CT molecular complexity index is 3120. The first kappa shape index (κ1) is 47.4. The van der Waals surface area contributed by atoms with Crippen LogP contribution in [0, 0.1) is 0 Å². The lowest BCUT2D eigenvalue weighted by Crippen LogP contribution is -2.61. The van der Waals surface area contributed by atoms with Crippen molar-refractivity contribution in [1.29, 1.82) is 0 Å². The zero-order valence-electron chi connectivity index (χ0n) is 46.3. The highest BCUT2D eigenvalue weighted by Gasteiger charge is 2.53. The summed E-state index contributed by atoms with van der Waals surface area (Å²) in [5.74, 6) is 1.17. The van der Waals surface area contributed by atoms with E-state index in [0.29, 0.717) is 0 Å². The fraction of sp³-hybridized carbons (Fsp3) is 0.485. The first-order chi connectivity index (χ1) is 32.4. The first-order valence-corrected chi connectivity index (χ1v) is 26.9. The minimum Gasteiger partial charge on any atom is -0.472 e. The van der Waals surface area contributed by atoms with Gasteiger partial charge in [0.1, 0.15) is 5.76 Å². The van der Waals surface area contributed by atoms with Crippen LogP contribution in [0.1, 0.15) is 208 Å². The zero-order chi connectivity index (χ0) is 50.3. The second-order valence-electron chi connectivity index (χ2n) is 28.7. The van der Waals surface area contributed by atoms with E-state index in [0.717, 1.165) is 31.3 Å². The van der Waals surface area contributed by atoms with E-state index < -0.39 is 0 Å². The van der Waals surface area contributed by atoms with Gasteiger partial charge in [-0.3, -0.25) is 0 Å². The summed E-state index contributed by atoms with van der Waals surface area (Å²) >= 11 is 0. The summed E-state index contributed by atoms with van der Waals surface area (Å²) in [6.45, 7) is 43.4. The van der Waals surface area contributed by atoms with E-state index in [9.17, 15) is 0 Å². The molecule has 0 atom stereocenters. The summed E-state index contributed by atoms with van der Waals surface area (Å²) in [5, 5.41) is 0. The average Bonchev–Trinajstić information content (AvgIpc) is 3.70. The lowest BCUT2D eigenvalue weighted by Gasteiger charge is -2.47. The van der Waals surface area contributed by atoms with E-state index >= 15 is 0 Å². The molecular weight excluding hydrogens is 848 g/mol. The van der Waals surface area contributed by atoms with Gasteiger partial charge in [-0.2, -0.15) is 0 Å². The summed E-state index contributed by atoms with van der Waals surface area (Å²) in [6.07, 6.45) is 6.89. The molecule has 70 heavy (non-hydrogen) atoms. The van der Waals surface area contributed by atoms with Crippen LogP contribution in [0.2, 0.25) is 0 Å². The molecule has 3 aliphatic carbocycles. The summed E-state index contributed by atoms with van der Waals surface area (Å²) in [4.78, 5) is 5.32. The molecule has 3 heterocycles. The van der Waals surface area contributed by atoms with E-state index in [-0.39, 0.29) is 50.0 Å². The van der Waals surface area contributed by atoms with Crippen molar-refractivity contribution in [1.82, 2.24) is 0 Å². The van der Waals surface area contributed by atoms with E-state index in [1.807, 2.05) is 0 Å². The van der Waals surface area contributed by atoms with Crippen LogP contribution in [0.3, 0.4) is 0 Å². The monoisotopic (exact) mass is 929 g/mol. The number of hydrogen-bond donors (Lipinski definition) is 0. The average molecular weight is 929 g/mol. The van der Waals surface area contributed by atoms with Crippen molar-refractivity contribution in [2.75, 3.05) is 9.80 Å². The van der Waals surface area contributed by atoms with Crippen molar-refractivity contribution in [3.8, 4) is 11.1 Å². The molecule has 0 bridgehead atoms. The van der Waals surface area contributed by atoms with Crippen LogP contribution >= 0.6 is 0 Å². The number of rotatable bonds is 3. The summed E-state index contributed by atoms with van der Waals surface area (Å²) in [7, 11) is 0. The molecule has 2 aliphatic heterocycles. The van der Waals surface area contributed by atoms with Gasteiger partial charge in [0, 0.05) is 39.4 Å². The molecule has 0 fully saturated rings. The lowest BCUT2D eigenvalue weighted by atomic mass is 9.35. The van der Waals surface area contributed by atoms with Gasteiger partial charge in [-0.1, -0.05) is 173 Å². The van der Waals surface area contributed by atoms with E-state index in [4.69, 9.17) is 4.42 Å². The van der Waals surface area contributed by atoms with Crippen LogP contribution in [0.15, 0.2) is 95.4 Å². The van der Waals surface area contributed by atoms with E-state index in [1.165, 1.54) is 114 Å². The SMILES string of the molecule is CC(C)(C)c1ccc(N2c3cc4c(cc3B3c5oc6c(c5N(c5ccc(C(C)(C)C)cc5)c5cc(-c7ccc8c(c7)C(C)(C)CCC8(C)C)cc2c53)C(C)(C)CCC6(C)C)C(C)(C)CCC4(C)C)cc1. The number of nitrogens with zero attached hydrogens (tertiary/aromatic N) is 2. The van der Waals surface area contributed by atoms with Gasteiger partial charge < -0.3 is 14.2 Å². The normalized spacial score (nSPS) is 20.7. The van der Waals surface area contributed by atoms with Gasteiger partial charge in [0.15, 0.2) is 0 Å². The topological polar surface area (TPSA) is 19.6 Å². The third-order valence-corrected chi connectivity index (χ3v) is 18.7. The molecular formula is C66H81BN2O. The molecule has 5 aliphatic rings.